The molecular formula is C27H37F5O. The zero-order chi connectivity index (χ0) is 23.4. The summed E-state index contributed by atoms with van der Waals surface area (Å²) in [5.41, 5.74) is 0.540. The molecule has 1 aromatic carbocycles. The maximum Gasteiger partial charge on any atom is 0.422 e. The minimum Gasteiger partial charge on any atom is -0.478 e. The maximum atomic E-state index is 14.3. The van der Waals surface area contributed by atoms with Gasteiger partial charge in [0.25, 0.3) is 0 Å². The second-order valence-corrected chi connectivity index (χ2v) is 10.8. The second-order valence-electron chi connectivity index (χ2n) is 10.8. The molecule has 4 rings (SSSR count). The number of ether oxygens (including phenoxy) is 1. The van der Waals surface area contributed by atoms with Crippen molar-refractivity contribution < 1.29 is 26.7 Å². The largest absolute Gasteiger partial charge is 0.478 e. The highest BCUT2D eigenvalue weighted by atomic mass is 19.4. The van der Waals surface area contributed by atoms with Gasteiger partial charge in [-0.25, -0.2) is 8.78 Å². The normalized spacial score (nSPS) is 29.4. The minimum atomic E-state index is -4.63. The molecule has 0 bridgehead atoms. The van der Waals surface area contributed by atoms with Crippen LogP contribution in [0.2, 0.25) is 0 Å². The Morgan fingerprint density at radius 3 is 1.70 bits per heavy atom. The van der Waals surface area contributed by atoms with Crippen LogP contribution in [0, 0.1) is 35.3 Å². The van der Waals surface area contributed by atoms with Crippen molar-refractivity contribution in [2.45, 2.75) is 102 Å². The summed E-state index contributed by atoms with van der Waals surface area (Å²) in [6.45, 7) is -1.70. The molecule has 33 heavy (non-hydrogen) atoms. The van der Waals surface area contributed by atoms with Crippen molar-refractivity contribution in [2.24, 2.45) is 23.7 Å². The molecule has 3 aliphatic rings. The van der Waals surface area contributed by atoms with E-state index in [-0.39, 0.29) is 5.92 Å². The van der Waals surface area contributed by atoms with Crippen molar-refractivity contribution >= 4 is 0 Å². The first kappa shape index (κ1) is 24.8. The first-order chi connectivity index (χ1) is 15.8. The standard InChI is InChI=1S/C27H37F5O/c28-24-15-23(16-25(29)26(24)33-17-27(30,31)32)22-13-11-21(12-14-22)20-9-7-19(8-10-20)6-5-18-3-1-2-4-18/h15-16,18-22H,1-14,17H2. The molecule has 186 valence electrons. The van der Waals surface area contributed by atoms with Crippen LogP contribution in [-0.4, -0.2) is 12.8 Å². The molecule has 0 aromatic heterocycles. The Bertz CT molecular complexity index is 731. The van der Waals surface area contributed by atoms with E-state index in [9.17, 15) is 22.0 Å². The van der Waals surface area contributed by atoms with Crippen LogP contribution in [0.5, 0.6) is 5.75 Å². The molecular weight excluding hydrogens is 435 g/mol. The van der Waals surface area contributed by atoms with E-state index in [0.29, 0.717) is 11.5 Å². The molecule has 0 radical (unpaired) electrons. The Balaban J connectivity index is 1.23. The van der Waals surface area contributed by atoms with Crippen LogP contribution in [0.3, 0.4) is 0 Å². The van der Waals surface area contributed by atoms with E-state index < -0.39 is 30.2 Å². The smallest absolute Gasteiger partial charge is 0.422 e. The van der Waals surface area contributed by atoms with Gasteiger partial charge in [0.1, 0.15) is 0 Å². The van der Waals surface area contributed by atoms with Gasteiger partial charge in [-0.1, -0.05) is 51.4 Å². The summed E-state index contributed by atoms with van der Waals surface area (Å²) in [6.07, 6.45) is 13.2. The lowest BCUT2D eigenvalue weighted by molar-refractivity contribution is -0.154. The van der Waals surface area contributed by atoms with E-state index in [1.807, 2.05) is 0 Å². The van der Waals surface area contributed by atoms with Crippen molar-refractivity contribution in [3.63, 3.8) is 0 Å². The molecule has 1 nitrogen and oxygen atoms in total. The average molecular weight is 473 g/mol. The lowest BCUT2D eigenvalue weighted by Gasteiger charge is -2.38. The Morgan fingerprint density at radius 1 is 0.697 bits per heavy atom. The van der Waals surface area contributed by atoms with Crippen molar-refractivity contribution in [3.8, 4) is 5.75 Å². The highest BCUT2D eigenvalue weighted by Crippen LogP contribution is 2.45. The SMILES string of the molecule is Fc1cc(C2CCC(C3CCC(CCC4CCCC4)CC3)CC2)cc(F)c1OCC(F)(F)F. The van der Waals surface area contributed by atoms with Gasteiger partial charge < -0.3 is 4.74 Å². The van der Waals surface area contributed by atoms with Gasteiger partial charge in [-0.15, -0.1) is 0 Å². The van der Waals surface area contributed by atoms with Crippen LogP contribution in [0.4, 0.5) is 22.0 Å². The topological polar surface area (TPSA) is 9.23 Å². The van der Waals surface area contributed by atoms with Gasteiger partial charge in [-0.3, -0.25) is 0 Å². The number of benzene rings is 1. The van der Waals surface area contributed by atoms with Crippen LogP contribution >= 0.6 is 0 Å². The number of alkyl halides is 3. The summed E-state index contributed by atoms with van der Waals surface area (Å²) in [5, 5.41) is 0. The molecule has 0 saturated heterocycles. The van der Waals surface area contributed by atoms with E-state index in [2.05, 4.69) is 4.74 Å². The summed E-state index contributed by atoms with van der Waals surface area (Å²) >= 11 is 0. The van der Waals surface area contributed by atoms with Gasteiger partial charge in [0.05, 0.1) is 0 Å². The second kappa shape index (κ2) is 10.9. The van der Waals surface area contributed by atoms with Crippen molar-refractivity contribution in [2.75, 3.05) is 6.61 Å². The lowest BCUT2D eigenvalue weighted by atomic mass is 9.68. The van der Waals surface area contributed by atoms with Crippen molar-refractivity contribution in [1.29, 1.82) is 0 Å². The van der Waals surface area contributed by atoms with Gasteiger partial charge in [0, 0.05) is 0 Å². The number of rotatable bonds is 7. The van der Waals surface area contributed by atoms with Crippen LogP contribution in [0.1, 0.15) is 101 Å². The molecule has 0 aliphatic heterocycles. The molecule has 3 aliphatic carbocycles. The number of hydrogen-bond donors (Lipinski definition) is 0. The fraction of sp³-hybridized carbons (Fsp3) is 0.778. The summed E-state index contributed by atoms with van der Waals surface area (Å²) in [5.74, 6) is 0.389. The first-order valence-electron chi connectivity index (χ1n) is 13.0. The lowest BCUT2D eigenvalue weighted by Crippen LogP contribution is -2.25. The van der Waals surface area contributed by atoms with Gasteiger partial charge in [-0.2, -0.15) is 13.2 Å². The van der Waals surface area contributed by atoms with Crippen molar-refractivity contribution in [3.05, 3.63) is 29.3 Å². The van der Waals surface area contributed by atoms with Crippen LogP contribution in [-0.2, 0) is 0 Å². The molecule has 3 fully saturated rings. The Kier molecular flexibility index (Phi) is 8.22. The zero-order valence-corrected chi connectivity index (χ0v) is 19.4. The summed E-state index contributed by atoms with van der Waals surface area (Å²) in [6, 6.07) is 2.32. The minimum absolute atomic E-state index is 0.0599. The highest BCUT2D eigenvalue weighted by molar-refractivity contribution is 5.33. The Labute approximate surface area is 194 Å². The fourth-order valence-electron chi connectivity index (χ4n) is 6.75. The van der Waals surface area contributed by atoms with E-state index in [4.69, 9.17) is 0 Å². The van der Waals surface area contributed by atoms with Crippen LogP contribution < -0.4 is 4.74 Å². The third-order valence-electron chi connectivity index (χ3n) is 8.66. The van der Waals surface area contributed by atoms with Gasteiger partial charge in [0.15, 0.2) is 24.0 Å². The fourth-order valence-corrected chi connectivity index (χ4v) is 6.75. The molecule has 0 amide bonds. The monoisotopic (exact) mass is 472 g/mol. The van der Waals surface area contributed by atoms with Crippen LogP contribution in [0.25, 0.3) is 0 Å². The molecule has 0 unspecified atom stereocenters. The summed E-state index contributed by atoms with van der Waals surface area (Å²) in [7, 11) is 0. The average Bonchev–Trinajstić information content (AvgIpc) is 3.30. The predicted molar refractivity (Wildman–Crippen MR) is 119 cm³/mol. The van der Waals surface area contributed by atoms with Gasteiger partial charge >= 0.3 is 6.18 Å². The Hall–Kier alpha value is -1.33. The Morgan fingerprint density at radius 2 is 1.18 bits per heavy atom. The summed E-state index contributed by atoms with van der Waals surface area (Å²) < 4.78 is 69.9. The third kappa shape index (κ3) is 6.85. The van der Waals surface area contributed by atoms with E-state index in [1.54, 1.807) is 0 Å². The van der Waals surface area contributed by atoms with E-state index in [0.717, 1.165) is 55.6 Å². The third-order valence-corrected chi connectivity index (χ3v) is 8.66. The van der Waals surface area contributed by atoms with Gasteiger partial charge in [0.2, 0.25) is 0 Å². The van der Waals surface area contributed by atoms with Gasteiger partial charge in [-0.05, 0) is 85.8 Å². The first-order valence-corrected chi connectivity index (χ1v) is 13.0. The molecule has 0 atom stereocenters. The summed E-state index contributed by atoms with van der Waals surface area (Å²) in [4.78, 5) is 0. The van der Waals surface area contributed by atoms with E-state index >= 15 is 0 Å². The maximum absolute atomic E-state index is 14.3. The predicted octanol–water partition coefficient (Wildman–Crippen LogP) is 8.96. The molecule has 0 heterocycles. The molecule has 0 spiro atoms. The van der Waals surface area contributed by atoms with Crippen LogP contribution in [0.15, 0.2) is 12.1 Å². The molecule has 6 heteroatoms. The van der Waals surface area contributed by atoms with E-state index in [1.165, 1.54) is 64.2 Å². The molecule has 0 N–H and O–H groups in total. The molecule has 1 aromatic rings. The molecule has 3 saturated carbocycles. The quantitative estimate of drug-likeness (QED) is 0.360. The number of halogens is 5. The van der Waals surface area contributed by atoms with Crippen molar-refractivity contribution in [1.82, 2.24) is 0 Å². The number of hydrogen-bond acceptors (Lipinski definition) is 1. The highest BCUT2D eigenvalue weighted by Gasteiger charge is 2.33. The zero-order valence-electron chi connectivity index (χ0n) is 19.4.